The Hall–Kier alpha value is -4.42. The fourth-order valence-electron chi connectivity index (χ4n) is 5.27. The third-order valence-corrected chi connectivity index (χ3v) is 9.33. The number of aromatic nitrogens is 6. The smallest absolute Gasteiger partial charge is 0.410 e. The Morgan fingerprint density at radius 3 is 2.64 bits per heavy atom. The van der Waals surface area contributed by atoms with Gasteiger partial charge in [-0.05, 0) is 36.7 Å². The zero-order valence-electron chi connectivity index (χ0n) is 25.5. The van der Waals surface area contributed by atoms with Crippen LogP contribution in [0.2, 0.25) is 25.7 Å². The molecule has 1 amide bonds. The van der Waals surface area contributed by atoms with Gasteiger partial charge in [0.25, 0.3) is 0 Å². The van der Waals surface area contributed by atoms with Crippen molar-refractivity contribution in [3.63, 3.8) is 0 Å². The minimum Gasteiger partial charge on any atom is -0.445 e. The Kier molecular flexibility index (Phi) is 8.28. The molecule has 0 bridgehead atoms. The zero-order valence-corrected chi connectivity index (χ0v) is 26.5. The number of carbonyl (C=O) groups excluding carboxylic acids is 1. The molecule has 0 spiro atoms. The fourth-order valence-corrected chi connectivity index (χ4v) is 6.02. The Balaban J connectivity index is 1.37. The highest BCUT2D eigenvalue weighted by Gasteiger charge is 2.30. The number of ether oxygens (including phenoxy) is 2. The molecule has 6 rings (SSSR count). The molecule has 4 aromatic heterocycles. The highest BCUT2D eigenvalue weighted by atomic mass is 28.3. The van der Waals surface area contributed by atoms with Crippen LogP contribution in [0.4, 0.5) is 9.18 Å². The number of nitrogens with zero attached hydrogens (tertiary/aromatic N) is 7. The van der Waals surface area contributed by atoms with Crippen LogP contribution in [-0.4, -0.2) is 61.7 Å². The monoisotopic (exact) mass is 613 g/mol. The van der Waals surface area contributed by atoms with Gasteiger partial charge >= 0.3 is 6.09 Å². The summed E-state index contributed by atoms with van der Waals surface area (Å²) in [4.78, 5) is 24.0. The number of halogens is 1. The fraction of sp³-hybridized carbons (Fsp3) is 0.344. The summed E-state index contributed by atoms with van der Waals surface area (Å²) in [6.07, 6.45) is 2.58. The first-order valence-electron chi connectivity index (χ1n) is 14.7. The lowest BCUT2D eigenvalue weighted by Gasteiger charge is -2.27. The van der Waals surface area contributed by atoms with Crippen molar-refractivity contribution in [2.24, 2.45) is 0 Å². The topological polar surface area (TPSA) is 100 Å². The molecule has 1 aliphatic rings. The largest absolute Gasteiger partial charge is 0.445 e. The van der Waals surface area contributed by atoms with Gasteiger partial charge in [-0.25, -0.2) is 18.9 Å². The molecule has 0 N–H and O–H groups in total. The van der Waals surface area contributed by atoms with E-state index in [1.807, 2.05) is 48.0 Å². The summed E-state index contributed by atoms with van der Waals surface area (Å²) in [5.41, 5.74) is 6.05. The number of rotatable bonds is 9. The van der Waals surface area contributed by atoms with Gasteiger partial charge in [0, 0.05) is 43.4 Å². The molecule has 0 unspecified atom stereocenters. The second-order valence-corrected chi connectivity index (χ2v) is 17.9. The number of benzene rings is 1. The van der Waals surface area contributed by atoms with E-state index in [0.717, 1.165) is 39.5 Å². The molecule has 44 heavy (non-hydrogen) atoms. The molecular formula is C32H36FN7O3Si. The number of hydrogen-bond donors (Lipinski definition) is 0. The van der Waals surface area contributed by atoms with Gasteiger partial charge in [-0.3, -0.25) is 9.67 Å². The zero-order chi connectivity index (χ0) is 30.8. The number of carbonyl (C=O) groups is 1. The molecule has 10 nitrogen and oxygen atoms in total. The number of amides is 1. The third-order valence-electron chi connectivity index (χ3n) is 7.63. The standard InChI is InChI=1S/C32H36FN7O3Si/c1-22-16-25(26-18-35-40(31(26)36-22)21-42-14-15-44(2,3)4)29-28-19-38(32(41)43-20-23-8-6-5-7-9-23)12-13-39(28)37-30(29)27-11-10-24(33)17-34-27/h5-11,16-18H,12-15,19-21H2,1-4H3. The molecule has 228 valence electrons. The van der Waals surface area contributed by atoms with E-state index < -0.39 is 20.0 Å². The van der Waals surface area contributed by atoms with Crippen LogP contribution in [0.15, 0.2) is 60.9 Å². The molecule has 0 aliphatic carbocycles. The van der Waals surface area contributed by atoms with Gasteiger partial charge in [0.1, 0.15) is 24.8 Å². The summed E-state index contributed by atoms with van der Waals surface area (Å²) in [5.74, 6) is -0.427. The van der Waals surface area contributed by atoms with Crippen molar-refractivity contribution in [1.82, 2.24) is 34.4 Å². The van der Waals surface area contributed by atoms with Gasteiger partial charge in [0.2, 0.25) is 0 Å². The summed E-state index contributed by atoms with van der Waals surface area (Å²) in [5, 5.41) is 10.4. The summed E-state index contributed by atoms with van der Waals surface area (Å²) in [6, 6.07) is 15.7. The van der Waals surface area contributed by atoms with Crippen molar-refractivity contribution in [2.45, 2.75) is 59.0 Å². The van der Waals surface area contributed by atoms with E-state index in [4.69, 9.17) is 19.6 Å². The minimum absolute atomic E-state index is 0.191. The molecule has 0 atom stereocenters. The molecular weight excluding hydrogens is 577 g/mol. The molecule has 5 heterocycles. The van der Waals surface area contributed by atoms with Crippen LogP contribution in [0.5, 0.6) is 0 Å². The molecule has 0 fully saturated rings. The van der Waals surface area contributed by atoms with Crippen molar-refractivity contribution in [3.8, 4) is 22.5 Å². The van der Waals surface area contributed by atoms with Crippen LogP contribution < -0.4 is 0 Å². The lowest BCUT2D eigenvalue weighted by Crippen LogP contribution is -2.38. The van der Waals surface area contributed by atoms with Crippen molar-refractivity contribution < 1.29 is 18.7 Å². The lowest BCUT2D eigenvalue weighted by atomic mass is 9.98. The first-order valence-corrected chi connectivity index (χ1v) is 18.5. The van der Waals surface area contributed by atoms with E-state index in [2.05, 4.69) is 29.7 Å². The highest BCUT2D eigenvalue weighted by Crippen LogP contribution is 2.39. The van der Waals surface area contributed by atoms with Crippen LogP contribution in [0.25, 0.3) is 33.5 Å². The molecule has 0 saturated heterocycles. The molecule has 0 saturated carbocycles. The minimum atomic E-state index is -1.23. The van der Waals surface area contributed by atoms with E-state index in [1.54, 1.807) is 21.8 Å². The number of pyridine rings is 2. The average Bonchev–Trinajstić information content (AvgIpc) is 3.59. The normalized spacial score (nSPS) is 13.3. The summed E-state index contributed by atoms with van der Waals surface area (Å²) in [6.45, 7) is 11.3. The van der Waals surface area contributed by atoms with Gasteiger partial charge in [0.05, 0.1) is 36.9 Å². The van der Waals surface area contributed by atoms with Crippen molar-refractivity contribution in [3.05, 3.63) is 83.7 Å². The number of hydrogen-bond acceptors (Lipinski definition) is 7. The lowest BCUT2D eigenvalue weighted by molar-refractivity contribution is 0.0812. The average molecular weight is 614 g/mol. The van der Waals surface area contributed by atoms with Crippen LogP contribution in [-0.2, 0) is 35.9 Å². The van der Waals surface area contributed by atoms with E-state index >= 15 is 0 Å². The van der Waals surface area contributed by atoms with Gasteiger partial charge in [-0.2, -0.15) is 10.2 Å². The second kappa shape index (κ2) is 12.3. The van der Waals surface area contributed by atoms with Crippen LogP contribution >= 0.6 is 0 Å². The quantitative estimate of drug-likeness (QED) is 0.143. The van der Waals surface area contributed by atoms with Gasteiger partial charge in [0.15, 0.2) is 5.65 Å². The van der Waals surface area contributed by atoms with Crippen molar-refractivity contribution >= 4 is 25.2 Å². The number of fused-ring (bicyclic) bond motifs is 2. The predicted molar refractivity (Wildman–Crippen MR) is 168 cm³/mol. The van der Waals surface area contributed by atoms with Crippen molar-refractivity contribution in [1.29, 1.82) is 0 Å². The summed E-state index contributed by atoms with van der Waals surface area (Å²) >= 11 is 0. The van der Waals surface area contributed by atoms with E-state index in [0.29, 0.717) is 43.5 Å². The molecule has 12 heteroatoms. The van der Waals surface area contributed by atoms with Gasteiger partial charge in [-0.1, -0.05) is 50.0 Å². The van der Waals surface area contributed by atoms with Gasteiger partial charge in [-0.15, -0.1) is 0 Å². The summed E-state index contributed by atoms with van der Waals surface area (Å²) in [7, 11) is -1.23. The second-order valence-electron chi connectivity index (χ2n) is 12.3. The maximum absolute atomic E-state index is 13.9. The molecule has 1 aliphatic heterocycles. The summed E-state index contributed by atoms with van der Waals surface area (Å²) < 4.78 is 29.2. The first kappa shape index (κ1) is 29.6. The van der Waals surface area contributed by atoms with Crippen LogP contribution in [0.1, 0.15) is 17.0 Å². The Morgan fingerprint density at radius 2 is 1.89 bits per heavy atom. The van der Waals surface area contributed by atoms with Crippen molar-refractivity contribution in [2.75, 3.05) is 13.2 Å². The Labute approximate surface area is 256 Å². The predicted octanol–water partition coefficient (Wildman–Crippen LogP) is 6.27. The maximum Gasteiger partial charge on any atom is 0.410 e. The van der Waals surface area contributed by atoms with Crippen LogP contribution in [0.3, 0.4) is 0 Å². The van der Waals surface area contributed by atoms with E-state index in [1.165, 1.54) is 12.3 Å². The molecule has 5 aromatic rings. The van der Waals surface area contributed by atoms with Crippen LogP contribution in [0, 0.1) is 12.7 Å². The first-order chi connectivity index (χ1) is 21.2. The molecule has 0 radical (unpaired) electrons. The highest BCUT2D eigenvalue weighted by molar-refractivity contribution is 6.76. The maximum atomic E-state index is 13.9. The SMILES string of the molecule is Cc1cc(-c2c(-c3ccc(F)cn3)nn3c2CN(C(=O)OCc2ccccc2)CC3)c2cnn(COCC[Si](C)(C)C)c2n1. The Morgan fingerprint density at radius 1 is 1.07 bits per heavy atom. The van der Waals surface area contributed by atoms with E-state index in [-0.39, 0.29) is 13.2 Å². The Bertz CT molecular complexity index is 1780. The molecule has 1 aromatic carbocycles. The van der Waals surface area contributed by atoms with Gasteiger partial charge < -0.3 is 14.4 Å². The third kappa shape index (κ3) is 6.41. The van der Waals surface area contributed by atoms with E-state index in [9.17, 15) is 9.18 Å². The number of aryl methyl sites for hydroxylation is 1.